The zero-order valence-corrected chi connectivity index (χ0v) is 16.0. The van der Waals surface area contributed by atoms with E-state index in [9.17, 15) is 4.79 Å². The van der Waals surface area contributed by atoms with Crippen molar-refractivity contribution >= 4 is 12.0 Å². The van der Waals surface area contributed by atoms with Gasteiger partial charge in [-0.25, -0.2) is 0 Å². The Bertz CT molecular complexity index is 917. The van der Waals surface area contributed by atoms with Crippen molar-refractivity contribution in [3.63, 3.8) is 0 Å². The molecule has 28 heavy (non-hydrogen) atoms. The van der Waals surface area contributed by atoms with Crippen LogP contribution in [-0.4, -0.2) is 25.0 Å². The van der Waals surface area contributed by atoms with Crippen LogP contribution in [0.25, 0.3) is 6.08 Å². The van der Waals surface area contributed by atoms with Crippen LogP contribution in [0.4, 0.5) is 0 Å². The lowest BCUT2D eigenvalue weighted by Crippen LogP contribution is -2.28. The van der Waals surface area contributed by atoms with Crippen molar-refractivity contribution in [3.8, 4) is 11.5 Å². The summed E-state index contributed by atoms with van der Waals surface area (Å²) < 4.78 is 16.1. The summed E-state index contributed by atoms with van der Waals surface area (Å²) in [6.45, 7) is 0.875. The molecule has 0 saturated heterocycles. The second kappa shape index (κ2) is 9.46. The lowest BCUT2D eigenvalue weighted by Gasteiger charge is -2.20. The fraction of sp³-hybridized carbons (Fsp3) is 0.174. The van der Waals surface area contributed by atoms with E-state index in [1.165, 1.54) is 0 Å². The minimum absolute atomic E-state index is 0.120. The molecular formula is C23H23NO4. The standard InChI is InChI=1S/C23H23NO4/c1-26-20-11-12-22(27-2)19(15-20)10-13-23(25)24(17-21-9-6-14-28-21)16-18-7-4-3-5-8-18/h3-15H,16-17H2,1-2H3. The summed E-state index contributed by atoms with van der Waals surface area (Å²) in [5, 5.41) is 0. The first-order chi connectivity index (χ1) is 13.7. The van der Waals surface area contributed by atoms with Crippen molar-refractivity contribution < 1.29 is 18.7 Å². The average Bonchev–Trinajstić information content (AvgIpc) is 3.25. The van der Waals surface area contributed by atoms with Gasteiger partial charge < -0.3 is 18.8 Å². The van der Waals surface area contributed by atoms with Gasteiger partial charge >= 0.3 is 0 Å². The molecule has 0 aliphatic carbocycles. The highest BCUT2D eigenvalue weighted by atomic mass is 16.5. The molecule has 3 rings (SSSR count). The molecule has 0 spiro atoms. The Balaban J connectivity index is 1.81. The number of hydrogen-bond acceptors (Lipinski definition) is 4. The fourth-order valence-electron chi connectivity index (χ4n) is 2.84. The number of rotatable bonds is 8. The molecule has 1 amide bonds. The van der Waals surface area contributed by atoms with Crippen molar-refractivity contribution in [2.45, 2.75) is 13.1 Å². The third-order valence-corrected chi connectivity index (χ3v) is 4.30. The number of carbonyl (C=O) groups is 1. The van der Waals surface area contributed by atoms with Crippen molar-refractivity contribution in [2.24, 2.45) is 0 Å². The largest absolute Gasteiger partial charge is 0.497 e. The monoisotopic (exact) mass is 377 g/mol. The first kappa shape index (κ1) is 19.3. The average molecular weight is 377 g/mol. The van der Waals surface area contributed by atoms with Crippen LogP contribution in [0.1, 0.15) is 16.9 Å². The van der Waals surface area contributed by atoms with Crippen molar-refractivity contribution in [2.75, 3.05) is 14.2 Å². The van der Waals surface area contributed by atoms with Gasteiger partial charge in [-0.05, 0) is 42.0 Å². The zero-order chi connectivity index (χ0) is 19.8. The van der Waals surface area contributed by atoms with E-state index in [1.807, 2.05) is 60.7 Å². The van der Waals surface area contributed by atoms with Crippen LogP contribution in [0.15, 0.2) is 77.4 Å². The molecule has 1 aromatic heterocycles. The molecule has 0 unspecified atom stereocenters. The summed E-state index contributed by atoms with van der Waals surface area (Å²) in [5.74, 6) is 1.98. The van der Waals surface area contributed by atoms with Gasteiger partial charge in [0.05, 0.1) is 27.0 Å². The zero-order valence-electron chi connectivity index (χ0n) is 16.0. The number of ether oxygens (including phenoxy) is 2. The van der Waals surface area contributed by atoms with Crippen LogP contribution in [0.3, 0.4) is 0 Å². The first-order valence-corrected chi connectivity index (χ1v) is 8.95. The molecule has 1 heterocycles. The van der Waals surface area contributed by atoms with Gasteiger partial charge in [0.15, 0.2) is 0 Å². The molecular weight excluding hydrogens is 354 g/mol. The van der Waals surface area contributed by atoms with Gasteiger partial charge in [-0.1, -0.05) is 30.3 Å². The Morgan fingerprint density at radius 2 is 1.82 bits per heavy atom. The van der Waals surface area contributed by atoms with Crippen LogP contribution in [0.5, 0.6) is 11.5 Å². The van der Waals surface area contributed by atoms with E-state index in [4.69, 9.17) is 13.9 Å². The van der Waals surface area contributed by atoms with Gasteiger partial charge in [0.1, 0.15) is 17.3 Å². The molecule has 3 aromatic rings. The topological polar surface area (TPSA) is 51.9 Å². The highest BCUT2D eigenvalue weighted by Gasteiger charge is 2.14. The number of hydrogen-bond donors (Lipinski definition) is 0. The quantitative estimate of drug-likeness (QED) is 0.541. The molecule has 0 saturated carbocycles. The minimum atomic E-state index is -0.120. The summed E-state index contributed by atoms with van der Waals surface area (Å²) in [7, 11) is 3.20. The molecule has 0 aliphatic heterocycles. The molecule has 0 N–H and O–H groups in total. The van der Waals surface area contributed by atoms with Crippen LogP contribution >= 0.6 is 0 Å². The van der Waals surface area contributed by atoms with Crippen LogP contribution in [0.2, 0.25) is 0 Å². The number of amides is 1. The van der Waals surface area contributed by atoms with E-state index < -0.39 is 0 Å². The fourth-order valence-corrected chi connectivity index (χ4v) is 2.84. The van der Waals surface area contributed by atoms with E-state index in [-0.39, 0.29) is 5.91 Å². The Kier molecular flexibility index (Phi) is 6.52. The molecule has 0 radical (unpaired) electrons. The number of nitrogens with zero attached hydrogens (tertiary/aromatic N) is 1. The third kappa shape index (κ3) is 5.04. The molecule has 0 atom stereocenters. The first-order valence-electron chi connectivity index (χ1n) is 8.95. The maximum Gasteiger partial charge on any atom is 0.247 e. The highest BCUT2D eigenvalue weighted by molar-refractivity contribution is 5.92. The predicted octanol–water partition coefficient (Wildman–Crippen LogP) is 4.54. The predicted molar refractivity (Wildman–Crippen MR) is 108 cm³/mol. The molecule has 0 fully saturated rings. The minimum Gasteiger partial charge on any atom is -0.497 e. The number of benzene rings is 2. The molecule has 0 aliphatic rings. The smallest absolute Gasteiger partial charge is 0.247 e. The van der Waals surface area contributed by atoms with Crippen LogP contribution < -0.4 is 9.47 Å². The normalized spacial score (nSPS) is 10.8. The molecule has 5 nitrogen and oxygen atoms in total. The van der Waals surface area contributed by atoms with Crippen LogP contribution in [-0.2, 0) is 17.9 Å². The van der Waals surface area contributed by atoms with E-state index in [1.54, 1.807) is 37.5 Å². The Labute approximate surface area is 164 Å². The second-order valence-electron chi connectivity index (χ2n) is 6.20. The summed E-state index contributed by atoms with van der Waals surface area (Å²) in [4.78, 5) is 14.7. The summed E-state index contributed by atoms with van der Waals surface area (Å²) in [5.41, 5.74) is 1.82. The van der Waals surface area contributed by atoms with Gasteiger partial charge in [-0.15, -0.1) is 0 Å². The molecule has 144 valence electrons. The van der Waals surface area contributed by atoms with Gasteiger partial charge in [0.25, 0.3) is 0 Å². The molecule has 0 bridgehead atoms. The van der Waals surface area contributed by atoms with Crippen molar-refractivity contribution in [3.05, 3.63) is 89.9 Å². The van der Waals surface area contributed by atoms with E-state index in [0.29, 0.717) is 24.6 Å². The molecule has 5 heteroatoms. The van der Waals surface area contributed by atoms with Gasteiger partial charge in [-0.3, -0.25) is 4.79 Å². The third-order valence-electron chi connectivity index (χ3n) is 4.30. The van der Waals surface area contributed by atoms with Crippen molar-refractivity contribution in [1.82, 2.24) is 4.90 Å². The maximum absolute atomic E-state index is 12.9. The lowest BCUT2D eigenvalue weighted by molar-refractivity contribution is -0.127. The van der Waals surface area contributed by atoms with E-state index in [2.05, 4.69) is 0 Å². The van der Waals surface area contributed by atoms with Crippen LogP contribution in [0, 0.1) is 0 Å². The van der Waals surface area contributed by atoms with Crippen molar-refractivity contribution in [1.29, 1.82) is 0 Å². The number of methoxy groups -OCH3 is 2. The summed E-state index contributed by atoms with van der Waals surface area (Å²) >= 11 is 0. The van der Waals surface area contributed by atoms with E-state index in [0.717, 1.165) is 16.9 Å². The summed E-state index contributed by atoms with van der Waals surface area (Å²) in [6, 6.07) is 19.0. The van der Waals surface area contributed by atoms with Gasteiger partial charge in [-0.2, -0.15) is 0 Å². The number of carbonyl (C=O) groups excluding carboxylic acids is 1. The Hall–Kier alpha value is -3.47. The number of furan rings is 1. The Morgan fingerprint density at radius 1 is 1.00 bits per heavy atom. The lowest BCUT2D eigenvalue weighted by atomic mass is 10.1. The SMILES string of the molecule is COc1ccc(OC)c(C=CC(=O)N(Cc2ccccc2)Cc2ccco2)c1. The van der Waals surface area contributed by atoms with E-state index >= 15 is 0 Å². The summed E-state index contributed by atoms with van der Waals surface area (Å²) in [6.07, 6.45) is 4.89. The molecule has 2 aromatic carbocycles. The highest BCUT2D eigenvalue weighted by Crippen LogP contribution is 2.25. The second-order valence-corrected chi connectivity index (χ2v) is 6.20. The Morgan fingerprint density at radius 3 is 2.50 bits per heavy atom. The maximum atomic E-state index is 12.9. The van der Waals surface area contributed by atoms with Gasteiger partial charge in [0, 0.05) is 18.2 Å². The van der Waals surface area contributed by atoms with Gasteiger partial charge in [0.2, 0.25) is 5.91 Å².